The fourth-order valence-electron chi connectivity index (χ4n) is 1.84. The molecule has 0 aliphatic rings. The molecule has 0 saturated heterocycles. The number of anilines is 1. The maximum Gasteiger partial charge on any atom is 0.259 e. The highest BCUT2D eigenvalue weighted by molar-refractivity contribution is 6.07. The van der Waals surface area contributed by atoms with Gasteiger partial charge >= 0.3 is 0 Å². The number of phenols is 3. The predicted octanol–water partition coefficient (Wildman–Crippen LogP) is 2.67. The SMILES string of the molecule is Cc1cc(NC(=O)c2cccc(O)c2O)c(C)cc1O. The topological polar surface area (TPSA) is 89.8 Å². The van der Waals surface area contributed by atoms with Crippen molar-refractivity contribution in [2.75, 3.05) is 5.32 Å². The van der Waals surface area contributed by atoms with Crippen LogP contribution in [-0.2, 0) is 0 Å². The summed E-state index contributed by atoms with van der Waals surface area (Å²) in [7, 11) is 0. The van der Waals surface area contributed by atoms with Crippen molar-refractivity contribution >= 4 is 11.6 Å². The zero-order chi connectivity index (χ0) is 14.9. The van der Waals surface area contributed by atoms with Crippen LogP contribution in [0.5, 0.6) is 17.2 Å². The second kappa shape index (κ2) is 5.13. The minimum atomic E-state index is -0.536. The van der Waals surface area contributed by atoms with Crippen LogP contribution in [0.2, 0.25) is 0 Å². The van der Waals surface area contributed by atoms with Gasteiger partial charge < -0.3 is 20.6 Å². The standard InChI is InChI=1S/C15H15NO4/c1-8-7-13(18)9(2)6-11(8)16-15(20)10-4-3-5-12(17)14(10)19/h3-7,17-19H,1-2H3,(H,16,20). The molecule has 0 heterocycles. The van der Waals surface area contributed by atoms with Gasteiger partial charge in [-0.3, -0.25) is 4.79 Å². The largest absolute Gasteiger partial charge is 0.508 e. The van der Waals surface area contributed by atoms with Crippen LogP contribution in [0.3, 0.4) is 0 Å². The van der Waals surface area contributed by atoms with Crippen molar-refractivity contribution in [1.29, 1.82) is 0 Å². The summed E-state index contributed by atoms with van der Waals surface area (Å²) >= 11 is 0. The fraction of sp³-hybridized carbons (Fsp3) is 0.133. The summed E-state index contributed by atoms with van der Waals surface area (Å²) in [5.74, 6) is -1.19. The van der Waals surface area contributed by atoms with E-state index in [0.29, 0.717) is 16.8 Å². The minimum Gasteiger partial charge on any atom is -0.508 e. The molecule has 0 radical (unpaired) electrons. The maximum absolute atomic E-state index is 12.1. The lowest BCUT2D eigenvalue weighted by atomic mass is 10.1. The van der Waals surface area contributed by atoms with Crippen molar-refractivity contribution in [2.24, 2.45) is 0 Å². The molecule has 104 valence electrons. The van der Waals surface area contributed by atoms with Crippen LogP contribution >= 0.6 is 0 Å². The minimum absolute atomic E-state index is 0.0184. The lowest BCUT2D eigenvalue weighted by Gasteiger charge is -2.11. The summed E-state index contributed by atoms with van der Waals surface area (Å²) in [6, 6.07) is 7.36. The molecule has 1 amide bonds. The first kappa shape index (κ1) is 13.7. The Morgan fingerprint density at radius 2 is 1.70 bits per heavy atom. The van der Waals surface area contributed by atoms with Crippen molar-refractivity contribution in [1.82, 2.24) is 0 Å². The Bertz CT molecular complexity index is 680. The normalized spacial score (nSPS) is 10.3. The Balaban J connectivity index is 2.33. The van der Waals surface area contributed by atoms with E-state index in [1.807, 2.05) is 0 Å². The molecular weight excluding hydrogens is 258 g/mol. The van der Waals surface area contributed by atoms with Gasteiger partial charge in [0.25, 0.3) is 5.91 Å². The van der Waals surface area contributed by atoms with Gasteiger partial charge in [-0.25, -0.2) is 0 Å². The van der Waals surface area contributed by atoms with E-state index >= 15 is 0 Å². The van der Waals surface area contributed by atoms with E-state index in [-0.39, 0.29) is 17.1 Å². The van der Waals surface area contributed by atoms with Gasteiger partial charge in [0.2, 0.25) is 0 Å². The molecule has 0 bridgehead atoms. The molecule has 0 atom stereocenters. The third kappa shape index (κ3) is 2.51. The molecule has 2 rings (SSSR count). The van der Waals surface area contributed by atoms with Crippen LogP contribution in [0.15, 0.2) is 30.3 Å². The average Bonchev–Trinajstić information content (AvgIpc) is 2.39. The molecule has 0 fully saturated rings. The van der Waals surface area contributed by atoms with Gasteiger partial charge in [-0.05, 0) is 49.2 Å². The summed E-state index contributed by atoms with van der Waals surface area (Å²) in [5.41, 5.74) is 1.84. The molecular formula is C15H15NO4. The highest BCUT2D eigenvalue weighted by Crippen LogP contribution is 2.30. The second-order valence-electron chi connectivity index (χ2n) is 4.58. The zero-order valence-electron chi connectivity index (χ0n) is 11.1. The molecule has 5 nitrogen and oxygen atoms in total. The number of nitrogens with one attached hydrogen (secondary N) is 1. The maximum atomic E-state index is 12.1. The van der Waals surface area contributed by atoms with Gasteiger partial charge in [-0.2, -0.15) is 0 Å². The van der Waals surface area contributed by atoms with Gasteiger partial charge in [-0.15, -0.1) is 0 Å². The summed E-state index contributed by atoms with van der Waals surface area (Å²) in [5, 5.41) is 31.3. The summed E-state index contributed by atoms with van der Waals surface area (Å²) in [4.78, 5) is 12.1. The number of phenolic OH excluding ortho intramolecular Hbond substituents is 3. The predicted molar refractivity (Wildman–Crippen MR) is 75.3 cm³/mol. The second-order valence-corrected chi connectivity index (χ2v) is 4.58. The van der Waals surface area contributed by atoms with E-state index in [1.165, 1.54) is 18.2 Å². The number of rotatable bonds is 2. The summed E-state index contributed by atoms with van der Waals surface area (Å²) in [6.45, 7) is 3.47. The number of benzene rings is 2. The van der Waals surface area contributed by atoms with E-state index in [0.717, 1.165) is 0 Å². The number of carbonyl (C=O) groups is 1. The fourth-order valence-corrected chi connectivity index (χ4v) is 1.84. The molecule has 0 aromatic heterocycles. The lowest BCUT2D eigenvalue weighted by Crippen LogP contribution is -2.13. The van der Waals surface area contributed by atoms with Crippen LogP contribution in [0, 0.1) is 13.8 Å². The molecule has 0 aliphatic heterocycles. The van der Waals surface area contributed by atoms with Crippen LogP contribution in [0.25, 0.3) is 0 Å². The first-order chi connectivity index (χ1) is 9.40. The van der Waals surface area contributed by atoms with Gasteiger partial charge in [0.15, 0.2) is 11.5 Å². The Kier molecular flexibility index (Phi) is 3.52. The monoisotopic (exact) mass is 273 g/mol. The molecule has 0 aliphatic carbocycles. The van der Waals surface area contributed by atoms with E-state index in [1.54, 1.807) is 26.0 Å². The third-order valence-corrected chi connectivity index (χ3v) is 3.05. The van der Waals surface area contributed by atoms with Crippen molar-refractivity contribution in [3.8, 4) is 17.2 Å². The van der Waals surface area contributed by atoms with E-state index < -0.39 is 11.7 Å². The number of hydrogen-bond acceptors (Lipinski definition) is 4. The van der Waals surface area contributed by atoms with Crippen LogP contribution < -0.4 is 5.32 Å². The van der Waals surface area contributed by atoms with Crippen LogP contribution in [0.1, 0.15) is 21.5 Å². The first-order valence-corrected chi connectivity index (χ1v) is 6.02. The number of carbonyl (C=O) groups excluding carboxylic acids is 1. The van der Waals surface area contributed by atoms with Crippen molar-refractivity contribution < 1.29 is 20.1 Å². The molecule has 5 heteroatoms. The Hall–Kier alpha value is -2.69. The highest BCUT2D eigenvalue weighted by atomic mass is 16.3. The zero-order valence-corrected chi connectivity index (χ0v) is 11.1. The molecule has 2 aromatic carbocycles. The van der Waals surface area contributed by atoms with E-state index in [2.05, 4.69) is 5.32 Å². The summed E-state index contributed by atoms with van der Waals surface area (Å²) < 4.78 is 0. The smallest absolute Gasteiger partial charge is 0.259 e. The lowest BCUT2D eigenvalue weighted by molar-refractivity contribution is 0.102. The number of amides is 1. The quantitative estimate of drug-likeness (QED) is 0.500. The van der Waals surface area contributed by atoms with Crippen molar-refractivity contribution in [3.63, 3.8) is 0 Å². The van der Waals surface area contributed by atoms with Gasteiger partial charge in [0, 0.05) is 5.69 Å². The third-order valence-electron chi connectivity index (χ3n) is 3.05. The molecule has 2 aromatic rings. The number of aryl methyl sites for hydroxylation is 2. The van der Waals surface area contributed by atoms with Gasteiger partial charge in [0.1, 0.15) is 5.75 Å². The van der Waals surface area contributed by atoms with Crippen molar-refractivity contribution in [3.05, 3.63) is 47.0 Å². The van der Waals surface area contributed by atoms with Gasteiger partial charge in [0.05, 0.1) is 5.56 Å². The Labute approximate surface area is 116 Å². The first-order valence-electron chi connectivity index (χ1n) is 6.02. The molecule has 0 saturated carbocycles. The molecule has 0 spiro atoms. The van der Waals surface area contributed by atoms with E-state index in [4.69, 9.17) is 0 Å². The molecule has 20 heavy (non-hydrogen) atoms. The van der Waals surface area contributed by atoms with E-state index in [9.17, 15) is 20.1 Å². The number of aromatic hydroxyl groups is 3. The van der Waals surface area contributed by atoms with Gasteiger partial charge in [-0.1, -0.05) is 6.07 Å². The van der Waals surface area contributed by atoms with Crippen LogP contribution in [-0.4, -0.2) is 21.2 Å². The molecule has 0 unspecified atom stereocenters. The Morgan fingerprint density at radius 3 is 2.40 bits per heavy atom. The Morgan fingerprint density at radius 1 is 1.00 bits per heavy atom. The molecule has 4 N–H and O–H groups in total. The average molecular weight is 273 g/mol. The number of para-hydroxylation sites is 1. The highest BCUT2D eigenvalue weighted by Gasteiger charge is 2.15. The number of hydrogen-bond donors (Lipinski definition) is 4. The van der Waals surface area contributed by atoms with Crippen molar-refractivity contribution in [2.45, 2.75) is 13.8 Å². The summed E-state index contributed by atoms with van der Waals surface area (Å²) in [6.07, 6.45) is 0. The van der Waals surface area contributed by atoms with Crippen LogP contribution in [0.4, 0.5) is 5.69 Å².